The summed E-state index contributed by atoms with van der Waals surface area (Å²) in [5, 5.41) is 20.5. The van der Waals surface area contributed by atoms with Gasteiger partial charge in [-0.05, 0) is 46.7 Å². The maximum atomic E-state index is 12.9. The summed E-state index contributed by atoms with van der Waals surface area (Å²) in [6, 6.07) is 30.6. The third-order valence-corrected chi connectivity index (χ3v) is 6.91. The highest BCUT2D eigenvalue weighted by molar-refractivity contribution is 5.96. The quantitative estimate of drug-likeness (QED) is 0.212. The highest BCUT2D eigenvalue weighted by Crippen LogP contribution is 2.28. The van der Waals surface area contributed by atoms with Crippen molar-refractivity contribution < 1.29 is 14.7 Å². The Labute approximate surface area is 230 Å². The molecule has 7 nitrogen and oxygen atoms in total. The summed E-state index contributed by atoms with van der Waals surface area (Å²) in [6.07, 6.45) is 6.85. The molecule has 0 bridgehead atoms. The summed E-state index contributed by atoms with van der Waals surface area (Å²) < 4.78 is 1.78. The van der Waals surface area contributed by atoms with E-state index in [0.29, 0.717) is 5.69 Å². The first-order valence-electron chi connectivity index (χ1n) is 13.0. The van der Waals surface area contributed by atoms with Gasteiger partial charge in [0.1, 0.15) is 6.04 Å². The van der Waals surface area contributed by atoms with Gasteiger partial charge in [0, 0.05) is 46.9 Å². The molecule has 4 aromatic carbocycles. The van der Waals surface area contributed by atoms with Crippen molar-refractivity contribution in [2.24, 2.45) is 0 Å². The molecule has 0 saturated heterocycles. The molecule has 1 amide bonds. The lowest BCUT2D eigenvalue weighted by atomic mass is 10.0. The van der Waals surface area contributed by atoms with Crippen molar-refractivity contribution in [2.75, 3.05) is 0 Å². The Balaban J connectivity index is 1.28. The molecule has 0 aliphatic carbocycles. The first-order chi connectivity index (χ1) is 19.5. The second kappa shape index (κ2) is 10.7. The molecule has 0 aliphatic rings. The Morgan fingerprint density at radius 2 is 1.68 bits per heavy atom. The second-order valence-electron chi connectivity index (χ2n) is 9.57. The van der Waals surface area contributed by atoms with Crippen LogP contribution in [0.2, 0.25) is 0 Å². The molecule has 0 radical (unpaired) electrons. The van der Waals surface area contributed by atoms with E-state index in [0.717, 1.165) is 44.1 Å². The number of H-pyrrole nitrogens is 1. The maximum Gasteiger partial charge on any atom is 0.326 e. The summed E-state index contributed by atoms with van der Waals surface area (Å²) in [5.41, 5.74) is 5.00. The predicted octanol–water partition coefficient (Wildman–Crippen LogP) is 6.00. The van der Waals surface area contributed by atoms with E-state index < -0.39 is 17.9 Å². The van der Waals surface area contributed by atoms with Crippen LogP contribution in [0.1, 0.15) is 11.1 Å². The Morgan fingerprint density at radius 3 is 2.50 bits per heavy atom. The Kier molecular flexibility index (Phi) is 6.68. The van der Waals surface area contributed by atoms with Crippen molar-refractivity contribution in [1.29, 1.82) is 0 Å². The normalized spacial score (nSPS) is 12.2. The first kappa shape index (κ1) is 24.9. The largest absolute Gasteiger partial charge is 0.480 e. The third kappa shape index (κ3) is 5.13. The van der Waals surface area contributed by atoms with Crippen molar-refractivity contribution >= 4 is 39.6 Å². The lowest BCUT2D eigenvalue weighted by molar-refractivity contribution is -0.141. The zero-order chi connectivity index (χ0) is 27.5. The van der Waals surface area contributed by atoms with E-state index in [2.05, 4.69) is 34.6 Å². The molecule has 0 saturated carbocycles. The molecular weight excluding hydrogens is 500 g/mol. The number of nitrogens with one attached hydrogen (secondary N) is 2. The molecule has 2 aromatic heterocycles. The number of aromatic nitrogens is 3. The van der Waals surface area contributed by atoms with Crippen LogP contribution in [-0.2, 0) is 16.0 Å². The molecule has 0 spiro atoms. The standard InChI is InChI=1S/C33H26N4O3/c38-31(35-30(33(39)40)19-26-20-34-29-13-7-6-12-28(26)29)17-16-25-21-37(27-10-2-1-3-11-27)36-32(25)24-15-14-22-8-4-5-9-23(22)18-24/h1-18,20-21,30,34H,19H2,(H,35,38)(H,39,40)/b17-16+/t30-/m0/s1. The number of fused-ring (bicyclic) bond motifs is 2. The van der Waals surface area contributed by atoms with Gasteiger partial charge in [-0.25, -0.2) is 9.48 Å². The number of benzene rings is 4. The fourth-order valence-electron chi connectivity index (χ4n) is 4.89. The van der Waals surface area contributed by atoms with E-state index in [1.807, 2.05) is 79.0 Å². The topological polar surface area (TPSA) is 100 Å². The third-order valence-electron chi connectivity index (χ3n) is 6.91. The van der Waals surface area contributed by atoms with E-state index in [4.69, 9.17) is 5.10 Å². The van der Waals surface area contributed by atoms with Gasteiger partial charge in [0.25, 0.3) is 0 Å². The van der Waals surface area contributed by atoms with Crippen LogP contribution in [0, 0.1) is 0 Å². The number of rotatable bonds is 8. The van der Waals surface area contributed by atoms with Crippen LogP contribution in [0.3, 0.4) is 0 Å². The number of aliphatic carboxylic acids is 1. The number of amides is 1. The van der Waals surface area contributed by atoms with Gasteiger partial charge in [-0.15, -0.1) is 0 Å². The number of hydrogen-bond acceptors (Lipinski definition) is 3. The van der Waals surface area contributed by atoms with Gasteiger partial charge in [0.2, 0.25) is 5.91 Å². The molecule has 40 heavy (non-hydrogen) atoms. The molecule has 7 heteroatoms. The summed E-state index contributed by atoms with van der Waals surface area (Å²) in [4.78, 5) is 28.1. The van der Waals surface area contributed by atoms with Crippen LogP contribution in [-0.4, -0.2) is 37.8 Å². The average molecular weight is 527 g/mol. The number of carbonyl (C=O) groups is 2. The second-order valence-corrected chi connectivity index (χ2v) is 9.57. The Morgan fingerprint density at radius 1 is 0.925 bits per heavy atom. The molecule has 6 rings (SSSR count). The first-order valence-corrected chi connectivity index (χ1v) is 13.0. The number of para-hydroxylation sites is 2. The number of carboxylic acids is 1. The molecule has 3 N–H and O–H groups in total. The van der Waals surface area contributed by atoms with Crippen molar-refractivity contribution in [1.82, 2.24) is 20.1 Å². The van der Waals surface area contributed by atoms with Gasteiger partial charge >= 0.3 is 5.97 Å². The zero-order valence-electron chi connectivity index (χ0n) is 21.5. The molecular formula is C33H26N4O3. The summed E-state index contributed by atoms with van der Waals surface area (Å²) >= 11 is 0. The molecule has 1 atom stereocenters. The van der Waals surface area contributed by atoms with Gasteiger partial charge < -0.3 is 15.4 Å². The van der Waals surface area contributed by atoms with Crippen LogP contribution in [0.5, 0.6) is 0 Å². The van der Waals surface area contributed by atoms with Crippen LogP contribution in [0.4, 0.5) is 0 Å². The van der Waals surface area contributed by atoms with E-state index in [9.17, 15) is 14.7 Å². The van der Waals surface area contributed by atoms with Gasteiger partial charge in [0.05, 0.1) is 11.4 Å². The molecule has 0 aliphatic heterocycles. The van der Waals surface area contributed by atoms with Gasteiger partial charge in [-0.2, -0.15) is 5.10 Å². The number of hydrogen-bond donors (Lipinski definition) is 3. The van der Waals surface area contributed by atoms with Gasteiger partial charge in [-0.1, -0.05) is 72.8 Å². The number of carbonyl (C=O) groups excluding carboxylic acids is 1. The van der Waals surface area contributed by atoms with Crippen molar-refractivity contribution in [3.8, 4) is 16.9 Å². The van der Waals surface area contributed by atoms with Crippen molar-refractivity contribution in [3.05, 3.63) is 127 Å². The summed E-state index contributed by atoms with van der Waals surface area (Å²) in [5.74, 6) is -1.59. The molecule has 6 aromatic rings. The smallest absolute Gasteiger partial charge is 0.326 e. The maximum absolute atomic E-state index is 12.9. The minimum absolute atomic E-state index is 0.160. The van der Waals surface area contributed by atoms with Crippen molar-refractivity contribution in [3.63, 3.8) is 0 Å². The van der Waals surface area contributed by atoms with Gasteiger partial charge in [0.15, 0.2) is 0 Å². The van der Waals surface area contributed by atoms with E-state index in [1.54, 1.807) is 17.0 Å². The highest BCUT2D eigenvalue weighted by atomic mass is 16.4. The predicted molar refractivity (Wildman–Crippen MR) is 157 cm³/mol. The van der Waals surface area contributed by atoms with Crippen LogP contribution in [0.25, 0.3) is 44.7 Å². The fourth-order valence-corrected chi connectivity index (χ4v) is 4.89. The Bertz CT molecular complexity index is 1870. The number of carboxylic acid groups (broad SMARTS) is 1. The van der Waals surface area contributed by atoms with Gasteiger partial charge in [-0.3, -0.25) is 4.79 Å². The zero-order valence-corrected chi connectivity index (χ0v) is 21.5. The van der Waals surface area contributed by atoms with Crippen LogP contribution < -0.4 is 5.32 Å². The number of nitrogens with zero attached hydrogens (tertiary/aromatic N) is 2. The average Bonchev–Trinajstić information content (AvgIpc) is 3.60. The summed E-state index contributed by atoms with van der Waals surface area (Å²) in [7, 11) is 0. The SMILES string of the molecule is O=C(/C=C/c1cn(-c2ccccc2)nc1-c1ccc2ccccc2c1)N[C@@H](Cc1c[nH]c2ccccc12)C(=O)O. The van der Waals surface area contributed by atoms with E-state index in [1.165, 1.54) is 6.08 Å². The minimum Gasteiger partial charge on any atom is -0.480 e. The summed E-state index contributed by atoms with van der Waals surface area (Å²) in [6.45, 7) is 0. The Hall–Kier alpha value is -5.43. The molecule has 196 valence electrons. The lowest BCUT2D eigenvalue weighted by Gasteiger charge is -2.12. The fraction of sp³-hybridized carbons (Fsp3) is 0.0606. The molecule has 2 heterocycles. The molecule has 0 unspecified atom stereocenters. The number of aromatic amines is 1. The molecule has 0 fully saturated rings. The van der Waals surface area contributed by atoms with E-state index in [-0.39, 0.29) is 6.42 Å². The van der Waals surface area contributed by atoms with E-state index >= 15 is 0 Å². The highest BCUT2D eigenvalue weighted by Gasteiger charge is 2.21. The lowest BCUT2D eigenvalue weighted by Crippen LogP contribution is -2.41. The minimum atomic E-state index is -1.10. The van der Waals surface area contributed by atoms with Crippen LogP contribution >= 0.6 is 0 Å². The van der Waals surface area contributed by atoms with Crippen LogP contribution in [0.15, 0.2) is 116 Å². The monoisotopic (exact) mass is 526 g/mol. The van der Waals surface area contributed by atoms with Crippen molar-refractivity contribution in [2.45, 2.75) is 12.5 Å².